The Labute approximate surface area is 156 Å². The van der Waals surface area contributed by atoms with E-state index in [1.807, 2.05) is 47.9 Å². The largest absolute Gasteiger partial charge is 0.359 e. The number of benzene rings is 1. The second-order valence-corrected chi connectivity index (χ2v) is 6.48. The average Bonchev–Trinajstić information content (AvgIpc) is 3.30. The second kappa shape index (κ2) is 7.41. The van der Waals surface area contributed by atoms with Crippen LogP contribution < -0.4 is 5.32 Å². The Morgan fingerprint density at radius 1 is 1.26 bits per heavy atom. The molecule has 7 heteroatoms. The molecule has 7 nitrogen and oxygen atoms in total. The number of hydrogen-bond donors (Lipinski definition) is 1. The molecule has 4 rings (SSSR count). The van der Waals surface area contributed by atoms with E-state index in [2.05, 4.69) is 20.4 Å². The average molecular weight is 361 g/mol. The molecule has 0 spiro atoms. The SMILES string of the molecule is C[C@@H](Cc1cccnc1)NC(=O)c1cc(Cn2cnc3ccccc32)on1. The molecule has 1 atom stereocenters. The van der Waals surface area contributed by atoms with Crippen molar-refractivity contribution in [1.29, 1.82) is 0 Å². The van der Waals surface area contributed by atoms with Crippen molar-refractivity contribution in [1.82, 2.24) is 25.0 Å². The molecule has 0 aliphatic heterocycles. The normalized spacial score (nSPS) is 12.2. The highest BCUT2D eigenvalue weighted by atomic mass is 16.5. The summed E-state index contributed by atoms with van der Waals surface area (Å²) in [6.07, 6.45) is 5.98. The molecule has 0 radical (unpaired) electrons. The van der Waals surface area contributed by atoms with Crippen molar-refractivity contribution in [2.45, 2.75) is 25.9 Å². The topological polar surface area (TPSA) is 85.8 Å². The van der Waals surface area contributed by atoms with E-state index < -0.39 is 0 Å². The van der Waals surface area contributed by atoms with Gasteiger partial charge in [-0.25, -0.2) is 4.98 Å². The fourth-order valence-electron chi connectivity index (χ4n) is 3.02. The maximum Gasteiger partial charge on any atom is 0.273 e. The van der Waals surface area contributed by atoms with Crippen LogP contribution >= 0.6 is 0 Å². The van der Waals surface area contributed by atoms with E-state index in [0.29, 0.717) is 18.7 Å². The van der Waals surface area contributed by atoms with Crippen molar-refractivity contribution in [3.05, 3.63) is 78.2 Å². The number of amides is 1. The van der Waals surface area contributed by atoms with Crippen LogP contribution in [-0.2, 0) is 13.0 Å². The number of pyridine rings is 1. The molecule has 1 amide bonds. The van der Waals surface area contributed by atoms with Gasteiger partial charge in [-0.1, -0.05) is 23.4 Å². The summed E-state index contributed by atoms with van der Waals surface area (Å²) in [7, 11) is 0. The zero-order valence-corrected chi connectivity index (χ0v) is 14.9. The summed E-state index contributed by atoms with van der Waals surface area (Å²) in [5.74, 6) is 0.347. The lowest BCUT2D eigenvalue weighted by atomic mass is 10.1. The number of fused-ring (bicyclic) bond motifs is 1. The van der Waals surface area contributed by atoms with E-state index >= 15 is 0 Å². The van der Waals surface area contributed by atoms with Gasteiger partial charge in [0.2, 0.25) is 0 Å². The Kier molecular flexibility index (Phi) is 4.65. The third kappa shape index (κ3) is 3.87. The highest BCUT2D eigenvalue weighted by molar-refractivity contribution is 5.92. The molecule has 4 aromatic rings. The van der Waals surface area contributed by atoms with Crippen molar-refractivity contribution in [2.24, 2.45) is 0 Å². The lowest BCUT2D eigenvalue weighted by Crippen LogP contribution is -2.34. The van der Waals surface area contributed by atoms with Crippen LogP contribution in [0.3, 0.4) is 0 Å². The maximum atomic E-state index is 12.4. The zero-order chi connectivity index (χ0) is 18.6. The third-order valence-corrected chi connectivity index (χ3v) is 4.29. The van der Waals surface area contributed by atoms with Gasteiger partial charge in [0.25, 0.3) is 5.91 Å². The first-order chi connectivity index (χ1) is 13.2. The summed E-state index contributed by atoms with van der Waals surface area (Å²) in [6.45, 7) is 2.41. The van der Waals surface area contributed by atoms with Gasteiger partial charge < -0.3 is 14.4 Å². The predicted molar refractivity (Wildman–Crippen MR) is 100 cm³/mol. The molecule has 0 fully saturated rings. The van der Waals surface area contributed by atoms with Gasteiger partial charge in [0.05, 0.1) is 23.9 Å². The first-order valence-electron chi connectivity index (χ1n) is 8.74. The number of nitrogens with zero attached hydrogens (tertiary/aromatic N) is 4. The molecule has 27 heavy (non-hydrogen) atoms. The summed E-state index contributed by atoms with van der Waals surface area (Å²) in [6, 6.07) is 13.3. The molecule has 1 aromatic carbocycles. The Morgan fingerprint density at radius 3 is 3.00 bits per heavy atom. The number of para-hydroxylation sites is 2. The van der Waals surface area contributed by atoms with E-state index in [1.165, 1.54) is 0 Å². The first kappa shape index (κ1) is 17.0. The van der Waals surface area contributed by atoms with Crippen LogP contribution in [0, 0.1) is 0 Å². The first-order valence-corrected chi connectivity index (χ1v) is 8.74. The van der Waals surface area contributed by atoms with Gasteiger partial charge >= 0.3 is 0 Å². The van der Waals surface area contributed by atoms with E-state index in [1.54, 1.807) is 24.8 Å². The third-order valence-electron chi connectivity index (χ3n) is 4.29. The molecule has 136 valence electrons. The second-order valence-electron chi connectivity index (χ2n) is 6.48. The molecule has 0 aliphatic rings. The van der Waals surface area contributed by atoms with E-state index in [0.717, 1.165) is 16.6 Å². The van der Waals surface area contributed by atoms with Crippen molar-refractivity contribution >= 4 is 16.9 Å². The van der Waals surface area contributed by atoms with Gasteiger partial charge in [-0.3, -0.25) is 9.78 Å². The number of imidazole rings is 1. The van der Waals surface area contributed by atoms with E-state index in [9.17, 15) is 4.79 Å². The van der Waals surface area contributed by atoms with Crippen molar-refractivity contribution in [3.63, 3.8) is 0 Å². The van der Waals surface area contributed by atoms with Gasteiger partial charge in [-0.05, 0) is 37.1 Å². The van der Waals surface area contributed by atoms with E-state index in [4.69, 9.17) is 4.52 Å². The summed E-state index contributed by atoms with van der Waals surface area (Å²) in [5.41, 5.74) is 3.26. The Hall–Kier alpha value is -3.48. The molecule has 3 aromatic heterocycles. The fourth-order valence-corrected chi connectivity index (χ4v) is 3.02. The fraction of sp³-hybridized carbons (Fsp3) is 0.200. The van der Waals surface area contributed by atoms with Crippen molar-refractivity contribution in [2.75, 3.05) is 0 Å². The van der Waals surface area contributed by atoms with Gasteiger partial charge in [0.15, 0.2) is 11.5 Å². The number of rotatable bonds is 6. The Morgan fingerprint density at radius 2 is 2.15 bits per heavy atom. The maximum absolute atomic E-state index is 12.4. The smallest absolute Gasteiger partial charge is 0.273 e. The van der Waals surface area contributed by atoms with Crippen molar-refractivity contribution in [3.8, 4) is 0 Å². The molecular formula is C20H19N5O2. The molecule has 3 heterocycles. The quantitative estimate of drug-likeness (QED) is 0.571. The van der Waals surface area contributed by atoms with Crippen LogP contribution in [0.5, 0.6) is 0 Å². The Balaban J connectivity index is 1.40. The number of hydrogen-bond acceptors (Lipinski definition) is 5. The van der Waals surface area contributed by atoms with E-state index in [-0.39, 0.29) is 17.6 Å². The van der Waals surface area contributed by atoms with Gasteiger partial charge in [-0.2, -0.15) is 0 Å². The number of aromatic nitrogens is 4. The predicted octanol–water partition coefficient (Wildman–Crippen LogP) is 2.83. The molecule has 1 N–H and O–H groups in total. The molecule has 0 unspecified atom stereocenters. The van der Waals surface area contributed by atoms with Gasteiger partial charge in [0.1, 0.15) is 0 Å². The van der Waals surface area contributed by atoms with Crippen LogP contribution in [0.1, 0.15) is 28.7 Å². The molecule has 0 saturated heterocycles. The summed E-state index contributed by atoms with van der Waals surface area (Å²) in [5, 5.41) is 6.84. The highest BCUT2D eigenvalue weighted by Crippen LogP contribution is 2.14. The van der Waals surface area contributed by atoms with Crippen LogP contribution in [0.25, 0.3) is 11.0 Å². The van der Waals surface area contributed by atoms with Crippen LogP contribution in [0.2, 0.25) is 0 Å². The lowest BCUT2D eigenvalue weighted by Gasteiger charge is -2.12. The van der Waals surface area contributed by atoms with Crippen LogP contribution in [-0.4, -0.2) is 31.6 Å². The van der Waals surface area contributed by atoms with Gasteiger partial charge in [-0.15, -0.1) is 0 Å². The number of nitrogens with one attached hydrogen (secondary N) is 1. The van der Waals surface area contributed by atoms with Crippen LogP contribution in [0.4, 0.5) is 0 Å². The summed E-state index contributed by atoms with van der Waals surface area (Å²) >= 11 is 0. The summed E-state index contributed by atoms with van der Waals surface area (Å²) < 4.78 is 7.30. The minimum absolute atomic E-state index is 0.0422. The molecule has 0 saturated carbocycles. The molecular weight excluding hydrogens is 342 g/mol. The monoisotopic (exact) mass is 361 g/mol. The number of carbonyl (C=O) groups excluding carboxylic acids is 1. The van der Waals surface area contributed by atoms with Crippen LogP contribution in [0.15, 0.2) is 65.7 Å². The minimum Gasteiger partial charge on any atom is -0.359 e. The van der Waals surface area contributed by atoms with Crippen molar-refractivity contribution < 1.29 is 9.32 Å². The lowest BCUT2D eigenvalue weighted by molar-refractivity contribution is 0.0931. The summed E-state index contributed by atoms with van der Waals surface area (Å²) in [4.78, 5) is 20.8. The zero-order valence-electron chi connectivity index (χ0n) is 14.9. The Bertz CT molecular complexity index is 1050. The standard InChI is InChI=1S/C20H19N5O2/c1-14(9-15-5-4-8-21-11-15)23-20(26)18-10-16(27-24-18)12-25-13-22-17-6-2-3-7-19(17)25/h2-8,10-11,13-14H,9,12H2,1H3,(H,23,26)/t14-/m0/s1. The number of carbonyl (C=O) groups is 1. The van der Waals surface area contributed by atoms with Gasteiger partial charge in [0, 0.05) is 24.5 Å². The molecule has 0 bridgehead atoms. The highest BCUT2D eigenvalue weighted by Gasteiger charge is 2.16. The molecule has 0 aliphatic carbocycles. The minimum atomic E-state index is -0.253.